The van der Waals surface area contributed by atoms with E-state index in [4.69, 9.17) is 4.74 Å². The molecule has 0 spiro atoms. The van der Waals surface area contributed by atoms with Crippen molar-refractivity contribution in [3.8, 4) is 0 Å². The second-order valence-corrected chi connectivity index (χ2v) is 6.01. The summed E-state index contributed by atoms with van der Waals surface area (Å²) in [4.78, 5) is 0. The van der Waals surface area contributed by atoms with Crippen molar-refractivity contribution in [3.63, 3.8) is 0 Å². The molecule has 0 saturated carbocycles. The number of allylic oxidation sites excluding steroid dienone is 2. The zero-order valence-corrected chi connectivity index (χ0v) is 13.8. The predicted molar refractivity (Wildman–Crippen MR) is 61.1 cm³/mol. The van der Waals surface area contributed by atoms with Gasteiger partial charge in [0.2, 0.25) is 0 Å². The van der Waals surface area contributed by atoms with Crippen LogP contribution in [0.15, 0.2) is 11.1 Å². The van der Waals surface area contributed by atoms with E-state index in [1.807, 2.05) is 20.8 Å². The topological polar surface area (TPSA) is 66.4 Å². The SMILES string of the molecule is CCOC[C@H]1CC(C)=C(C)C[C@H]1S(=O)(=O)[O-].[Na+]. The van der Waals surface area contributed by atoms with Crippen LogP contribution in [0.5, 0.6) is 0 Å². The molecule has 1 aliphatic carbocycles. The molecule has 1 rings (SSSR count). The van der Waals surface area contributed by atoms with E-state index >= 15 is 0 Å². The van der Waals surface area contributed by atoms with Crippen LogP contribution in [-0.2, 0) is 14.9 Å². The van der Waals surface area contributed by atoms with E-state index in [2.05, 4.69) is 0 Å². The molecule has 0 N–H and O–H groups in total. The quantitative estimate of drug-likeness (QED) is 0.361. The fraction of sp³-hybridized carbons (Fsp3) is 0.818. The fourth-order valence-electron chi connectivity index (χ4n) is 2.11. The third kappa shape index (κ3) is 5.01. The van der Waals surface area contributed by atoms with E-state index in [1.54, 1.807) is 0 Å². The Bertz CT molecular complexity index is 375. The number of hydrogen-bond acceptors (Lipinski definition) is 4. The predicted octanol–water partition coefficient (Wildman–Crippen LogP) is -1.31. The summed E-state index contributed by atoms with van der Waals surface area (Å²) in [5, 5.41) is -0.817. The van der Waals surface area contributed by atoms with Gasteiger partial charge < -0.3 is 9.29 Å². The van der Waals surface area contributed by atoms with Crippen molar-refractivity contribution >= 4 is 10.1 Å². The number of hydrogen-bond donors (Lipinski definition) is 0. The molecular weight excluding hydrogens is 251 g/mol. The van der Waals surface area contributed by atoms with Gasteiger partial charge >= 0.3 is 29.6 Å². The Kier molecular flexibility index (Phi) is 7.52. The van der Waals surface area contributed by atoms with E-state index < -0.39 is 15.4 Å². The molecule has 2 atom stereocenters. The summed E-state index contributed by atoms with van der Waals surface area (Å²) in [5.74, 6) is -0.189. The summed E-state index contributed by atoms with van der Waals surface area (Å²) < 4.78 is 38.8. The van der Waals surface area contributed by atoms with Gasteiger partial charge in [-0.3, -0.25) is 0 Å². The Morgan fingerprint density at radius 1 is 1.29 bits per heavy atom. The van der Waals surface area contributed by atoms with Crippen LogP contribution in [-0.4, -0.2) is 31.4 Å². The standard InChI is InChI=1S/C11H20O4S.Na/c1-4-15-7-10-5-8(2)9(3)6-11(10)16(12,13)14;/h10-11H,4-7H2,1-3H3,(H,12,13,14);/q;+1/p-1/t10-,11-;/m1./s1. The van der Waals surface area contributed by atoms with Crippen molar-refractivity contribution < 1.29 is 47.3 Å². The van der Waals surface area contributed by atoms with Crippen molar-refractivity contribution in [1.82, 2.24) is 0 Å². The molecule has 0 aliphatic heterocycles. The van der Waals surface area contributed by atoms with Gasteiger partial charge in [0.05, 0.1) is 22.0 Å². The molecule has 4 nitrogen and oxygen atoms in total. The van der Waals surface area contributed by atoms with Crippen LogP contribution >= 0.6 is 0 Å². The van der Waals surface area contributed by atoms with Gasteiger partial charge in [0.25, 0.3) is 0 Å². The molecule has 94 valence electrons. The minimum atomic E-state index is -4.23. The first-order valence-electron chi connectivity index (χ1n) is 5.54. The third-order valence-corrected chi connectivity index (χ3v) is 4.53. The van der Waals surface area contributed by atoms with Crippen LogP contribution in [0.25, 0.3) is 0 Å². The molecule has 0 saturated heterocycles. The second kappa shape index (κ2) is 7.26. The van der Waals surface area contributed by atoms with Crippen LogP contribution in [0.1, 0.15) is 33.6 Å². The van der Waals surface area contributed by atoms with Gasteiger partial charge in [-0.2, -0.15) is 0 Å². The van der Waals surface area contributed by atoms with Gasteiger partial charge in [-0.25, -0.2) is 8.42 Å². The molecule has 0 fully saturated rings. The summed E-state index contributed by atoms with van der Waals surface area (Å²) in [6, 6.07) is 0. The van der Waals surface area contributed by atoms with Crippen molar-refractivity contribution in [2.75, 3.05) is 13.2 Å². The van der Waals surface area contributed by atoms with Crippen molar-refractivity contribution in [3.05, 3.63) is 11.1 Å². The summed E-state index contributed by atoms with van der Waals surface area (Å²) in [7, 11) is -4.23. The average molecular weight is 270 g/mol. The van der Waals surface area contributed by atoms with E-state index in [0.717, 1.165) is 5.57 Å². The van der Waals surface area contributed by atoms with Gasteiger partial charge in [-0.15, -0.1) is 0 Å². The van der Waals surface area contributed by atoms with Crippen LogP contribution in [0, 0.1) is 5.92 Å². The molecular formula is C11H19NaO4S. The van der Waals surface area contributed by atoms with Crippen LogP contribution in [0.4, 0.5) is 0 Å². The molecule has 0 aromatic carbocycles. The molecule has 0 unspecified atom stereocenters. The first-order valence-corrected chi connectivity index (χ1v) is 7.01. The minimum Gasteiger partial charge on any atom is -0.748 e. The maximum atomic E-state index is 11.2. The summed E-state index contributed by atoms with van der Waals surface area (Å²) in [6.07, 6.45) is 1.01. The zero-order valence-electron chi connectivity index (χ0n) is 11.0. The van der Waals surface area contributed by atoms with Crippen LogP contribution in [0.2, 0.25) is 0 Å². The average Bonchev–Trinajstić information content (AvgIpc) is 2.17. The Hall–Kier alpha value is 0.610. The first kappa shape index (κ1) is 17.6. The van der Waals surface area contributed by atoms with E-state index in [-0.39, 0.29) is 35.5 Å². The van der Waals surface area contributed by atoms with Crippen molar-refractivity contribution in [1.29, 1.82) is 0 Å². The molecule has 0 bridgehead atoms. The molecule has 17 heavy (non-hydrogen) atoms. The van der Waals surface area contributed by atoms with Gasteiger partial charge in [0.1, 0.15) is 0 Å². The maximum absolute atomic E-state index is 11.2. The Balaban J connectivity index is 0.00000256. The third-order valence-electron chi connectivity index (χ3n) is 3.24. The number of ether oxygens (including phenoxy) is 1. The van der Waals surface area contributed by atoms with Crippen molar-refractivity contribution in [2.24, 2.45) is 5.92 Å². The maximum Gasteiger partial charge on any atom is 1.00 e. The van der Waals surface area contributed by atoms with Gasteiger partial charge in [0, 0.05) is 12.5 Å². The molecule has 0 aromatic heterocycles. The molecule has 0 heterocycles. The summed E-state index contributed by atoms with van der Waals surface area (Å²) in [5.41, 5.74) is 2.21. The van der Waals surface area contributed by atoms with E-state index in [1.165, 1.54) is 5.57 Å². The fourth-order valence-corrected chi connectivity index (χ4v) is 3.22. The van der Waals surface area contributed by atoms with Gasteiger partial charge in [-0.1, -0.05) is 11.1 Å². The first-order chi connectivity index (χ1) is 7.36. The molecule has 6 heteroatoms. The monoisotopic (exact) mass is 270 g/mol. The Morgan fingerprint density at radius 3 is 2.29 bits per heavy atom. The van der Waals surface area contributed by atoms with Gasteiger partial charge in [0.15, 0.2) is 0 Å². The largest absolute Gasteiger partial charge is 1.00 e. The van der Waals surface area contributed by atoms with Gasteiger partial charge in [-0.05, 0) is 33.6 Å². The molecule has 0 radical (unpaired) electrons. The number of rotatable bonds is 4. The van der Waals surface area contributed by atoms with Crippen LogP contribution < -0.4 is 29.6 Å². The molecule has 0 amide bonds. The molecule has 1 aliphatic rings. The minimum absolute atomic E-state index is 0. The second-order valence-electron chi connectivity index (χ2n) is 4.42. The Labute approximate surface area is 126 Å². The zero-order chi connectivity index (χ0) is 12.3. The normalized spacial score (nSPS) is 25.6. The van der Waals surface area contributed by atoms with Crippen LogP contribution in [0.3, 0.4) is 0 Å². The van der Waals surface area contributed by atoms with E-state index in [9.17, 15) is 13.0 Å². The Morgan fingerprint density at radius 2 is 1.82 bits per heavy atom. The van der Waals surface area contributed by atoms with Crippen molar-refractivity contribution in [2.45, 2.75) is 38.9 Å². The molecule has 0 aromatic rings. The summed E-state index contributed by atoms with van der Waals surface area (Å²) in [6.45, 7) is 6.64. The van der Waals surface area contributed by atoms with E-state index in [0.29, 0.717) is 26.1 Å². The summed E-state index contributed by atoms with van der Waals surface area (Å²) >= 11 is 0. The smallest absolute Gasteiger partial charge is 0.748 e.